The van der Waals surface area contributed by atoms with Gasteiger partial charge in [0.15, 0.2) is 0 Å². The van der Waals surface area contributed by atoms with Gasteiger partial charge < -0.3 is 20.1 Å². The molecule has 1 aromatic rings. The molecule has 1 aliphatic rings. The average molecular weight is 301 g/mol. The Labute approximate surface area is 129 Å². The molecule has 0 spiro atoms. The fraction of sp³-hybridized carbons (Fsp3) is 0.375. The highest BCUT2D eigenvalue weighted by atomic mass is 16.5. The number of nitrogens with one attached hydrogen (secondary N) is 1. The van der Waals surface area contributed by atoms with E-state index in [9.17, 15) is 9.90 Å². The molecule has 0 saturated carbocycles. The minimum Gasteiger partial charge on any atom is -0.508 e. The Morgan fingerprint density at radius 3 is 2.86 bits per heavy atom. The Hall–Kier alpha value is -2.52. The van der Waals surface area contributed by atoms with Crippen molar-refractivity contribution in [3.05, 3.63) is 36.0 Å². The number of aromatic hydroxyl groups is 1. The number of benzene rings is 1. The minimum absolute atomic E-state index is 0.0218. The van der Waals surface area contributed by atoms with E-state index in [2.05, 4.69) is 5.32 Å². The van der Waals surface area contributed by atoms with E-state index in [1.54, 1.807) is 36.2 Å². The lowest BCUT2D eigenvalue weighted by atomic mass is 10.2. The molecular weight excluding hydrogens is 282 g/mol. The third-order valence-electron chi connectivity index (χ3n) is 3.46. The van der Waals surface area contributed by atoms with Crippen molar-refractivity contribution in [3.8, 4) is 11.8 Å². The van der Waals surface area contributed by atoms with Gasteiger partial charge in [0.2, 0.25) is 0 Å². The van der Waals surface area contributed by atoms with Crippen LogP contribution < -0.4 is 10.2 Å². The van der Waals surface area contributed by atoms with Crippen LogP contribution in [0.15, 0.2) is 36.0 Å². The summed E-state index contributed by atoms with van der Waals surface area (Å²) < 4.78 is 5.43. The summed E-state index contributed by atoms with van der Waals surface area (Å²) in [5.41, 5.74) is 0.783. The zero-order valence-electron chi connectivity index (χ0n) is 12.5. The molecule has 1 aliphatic heterocycles. The molecule has 116 valence electrons. The first-order valence-electron chi connectivity index (χ1n) is 7.13. The van der Waals surface area contributed by atoms with Crippen molar-refractivity contribution in [2.45, 2.75) is 18.9 Å². The molecule has 1 heterocycles. The second-order valence-electron chi connectivity index (χ2n) is 5.13. The molecule has 2 rings (SSSR count). The Morgan fingerprint density at radius 1 is 1.55 bits per heavy atom. The summed E-state index contributed by atoms with van der Waals surface area (Å²) in [7, 11) is 1.73. The average Bonchev–Trinajstić information content (AvgIpc) is 3.04. The molecule has 0 bridgehead atoms. The van der Waals surface area contributed by atoms with Gasteiger partial charge in [0, 0.05) is 32.1 Å². The first-order valence-corrected chi connectivity index (χ1v) is 7.13. The molecule has 2 N–H and O–H groups in total. The summed E-state index contributed by atoms with van der Waals surface area (Å²) in [6.07, 6.45) is 3.44. The van der Waals surface area contributed by atoms with Gasteiger partial charge in [-0.15, -0.1) is 0 Å². The molecule has 1 unspecified atom stereocenters. The van der Waals surface area contributed by atoms with Crippen LogP contribution in [0.25, 0.3) is 0 Å². The van der Waals surface area contributed by atoms with E-state index in [1.807, 2.05) is 6.07 Å². The molecule has 1 fully saturated rings. The van der Waals surface area contributed by atoms with Gasteiger partial charge in [-0.05, 0) is 37.1 Å². The lowest BCUT2D eigenvalue weighted by molar-refractivity contribution is -0.117. The van der Waals surface area contributed by atoms with Crippen molar-refractivity contribution in [3.63, 3.8) is 0 Å². The van der Waals surface area contributed by atoms with Crippen LogP contribution in [0, 0.1) is 11.3 Å². The van der Waals surface area contributed by atoms with Crippen LogP contribution >= 0.6 is 0 Å². The number of rotatable bonds is 5. The number of hydrogen-bond acceptors (Lipinski definition) is 5. The van der Waals surface area contributed by atoms with Gasteiger partial charge in [0.05, 0.1) is 6.10 Å². The standard InChI is InChI=1S/C16H19N3O3/c1-19(13-4-6-14(20)7-5-13)11-12(9-17)16(21)18-10-15-3-2-8-22-15/h4-7,11,15,20H,2-3,8,10H2,1H3,(H,18,21)/b12-11-. The first-order chi connectivity index (χ1) is 10.6. The van der Waals surface area contributed by atoms with Crippen LogP contribution in [-0.2, 0) is 9.53 Å². The Bertz CT molecular complexity index is 584. The second-order valence-corrected chi connectivity index (χ2v) is 5.13. The lowest BCUT2D eigenvalue weighted by Gasteiger charge is -2.15. The normalized spacial score (nSPS) is 17.8. The van der Waals surface area contributed by atoms with Gasteiger partial charge in [-0.3, -0.25) is 4.79 Å². The molecule has 22 heavy (non-hydrogen) atoms. The number of nitrogens with zero attached hydrogens (tertiary/aromatic N) is 2. The summed E-state index contributed by atoms with van der Waals surface area (Å²) in [6, 6.07) is 8.40. The molecule has 6 heteroatoms. The van der Waals surface area contributed by atoms with Gasteiger partial charge >= 0.3 is 0 Å². The Morgan fingerprint density at radius 2 is 2.27 bits per heavy atom. The SMILES string of the molecule is CN(/C=C(/C#N)C(=O)NCC1CCCO1)c1ccc(O)cc1. The summed E-state index contributed by atoms with van der Waals surface area (Å²) >= 11 is 0. The maximum Gasteiger partial charge on any atom is 0.263 e. The van der Waals surface area contributed by atoms with Crippen molar-refractivity contribution in [2.75, 3.05) is 25.1 Å². The highest BCUT2D eigenvalue weighted by Crippen LogP contribution is 2.18. The summed E-state index contributed by atoms with van der Waals surface area (Å²) in [5.74, 6) is -0.250. The molecule has 1 aromatic carbocycles. The number of phenols is 1. The predicted octanol–water partition coefficient (Wildman–Crippen LogP) is 1.53. The van der Waals surface area contributed by atoms with Crippen molar-refractivity contribution in [1.29, 1.82) is 5.26 Å². The third-order valence-corrected chi connectivity index (χ3v) is 3.46. The quantitative estimate of drug-likeness (QED) is 0.636. The molecule has 1 amide bonds. The number of carbonyl (C=O) groups is 1. The number of amides is 1. The zero-order valence-corrected chi connectivity index (χ0v) is 12.5. The van der Waals surface area contributed by atoms with Gasteiger partial charge in [-0.25, -0.2) is 0 Å². The molecule has 6 nitrogen and oxygen atoms in total. The van der Waals surface area contributed by atoms with Gasteiger partial charge in [-0.2, -0.15) is 5.26 Å². The van der Waals surface area contributed by atoms with Gasteiger partial charge in [0.1, 0.15) is 17.4 Å². The van der Waals surface area contributed by atoms with Crippen LogP contribution in [0.2, 0.25) is 0 Å². The number of carbonyl (C=O) groups excluding carboxylic acids is 1. The Kier molecular flexibility index (Phi) is 5.39. The number of ether oxygens (including phenoxy) is 1. The van der Waals surface area contributed by atoms with Crippen molar-refractivity contribution < 1.29 is 14.6 Å². The van der Waals surface area contributed by atoms with Gasteiger partial charge in [-0.1, -0.05) is 0 Å². The molecule has 1 atom stereocenters. The highest BCUT2D eigenvalue weighted by Gasteiger charge is 2.17. The summed E-state index contributed by atoms with van der Waals surface area (Å²) in [5, 5.41) is 21.1. The summed E-state index contributed by atoms with van der Waals surface area (Å²) in [4.78, 5) is 13.7. The van der Waals surface area contributed by atoms with Crippen LogP contribution in [0.4, 0.5) is 5.69 Å². The Balaban J connectivity index is 1.97. The highest BCUT2D eigenvalue weighted by molar-refractivity contribution is 5.97. The van der Waals surface area contributed by atoms with Crippen LogP contribution in [0.3, 0.4) is 0 Å². The number of nitriles is 1. The second kappa shape index (κ2) is 7.48. The van der Waals surface area contributed by atoms with E-state index in [-0.39, 0.29) is 17.4 Å². The van der Waals surface area contributed by atoms with E-state index in [1.165, 1.54) is 6.20 Å². The zero-order chi connectivity index (χ0) is 15.9. The van der Waals surface area contributed by atoms with Crippen molar-refractivity contribution >= 4 is 11.6 Å². The number of phenolic OH excluding ortho intramolecular Hbond substituents is 1. The topological polar surface area (TPSA) is 85.6 Å². The van der Waals surface area contributed by atoms with Crippen molar-refractivity contribution in [1.82, 2.24) is 5.32 Å². The van der Waals surface area contributed by atoms with E-state index in [0.717, 1.165) is 25.1 Å². The van der Waals surface area contributed by atoms with Crippen molar-refractivity contribution in [2.24, 2.45) is 0 Å². The first kappa shape index (κ1) is 15.9. The molecule has 0 aliphatic carbocycles. The minimum atomic E-state index is -0.413. The molecule has 0 radical (unpaired) electrons. The third kappa shape index (κ3) is 4.24. The maximum absolute atomic E-state index is 12.0. The smallest absolute Gasteiger partial charge is 0.263 e. The van der Waals surface area contributed by atoms with E-state index in [4.69, 9.17) is 10.00 Å². The largest absolute Gasteiger partial charge is 0.508 e. The van der Waals surface area contributed by atoms with E-state index >= 15 is 0 Å². The molecule has 1 saturated heterocycles. The monoisotopic (exact) mass is 301 g/mol. The van der Waals surface area contributed by atoms with Crippen LogP contribution in [0.1, 0.15) is 12.8 Å². The predicted molar refractivity (Wildman–Crippen MR) is 82.2 cm³/mol. The van der Waals surface area contributed by atoms with Crippen LogP contribution in [0.5, 0.6) is 5.75 Å². The van der Waals surface area contributed by atoms with E-state index < -0.39 is 5.91 Å². The molecule has 0 aromatic heterocycles. The maximum atomic E-state index is 12.0. The fourth-order valence-electron chi connectivity index (χ4n) is 2.20. The number of anilines is 1. The number of hydrogen-bond donors (Lipinski definition) is 2. The summed E-state index contributed by atoms with van der Waals surface area (Å²) in [6.45, 7) is 1.14. The lowest BCUT2D eigenvalue weighted by Crippen LogP contribution is -2.33. The van der Waals surface area contributed by atoms with Gasteiger partial charge in [0.25, 0.3) is 5.91 Å². The van der Waals surface area contributed by atoms with Crippen LogP contribution in [-0.4, -0.2) is 37.3 Å². The fourth-order valence-corrected chi connectivity index (χ4v) is 2.20. The van der Waals surface area contributed by atoms with E-state index in [0.29, 0.717) is 6.54 Å². The molecular formula is C16H19N3O3.